The lowest BCUT2D eigenvalue weighted by Gasteiger charge is -2.24. The van der Waals surface area contributed by atoms with Gasteiger partial charge in [-0.25, -0.2) is 0 Å². The molecule has 1 aromatic heterocycles. The quantitative estimate of drug-likeness (QED) is 0.839. The first-order chi connectivity index (χ1) is 8.20. The van der Waals surface area contributed by atoms with Crippen LogP contribution in [-0.4, -0.2) is 32.7 Å². The van der Waals surface area contributed by atoms with Crippen molar-refractivity contribution in [3.63, 3.8) is 0 Å². The Hall–Kier alpha value is -0.490. The van der Waals surface area contributed by atoms with Crippen molar-refractivity contribution in [2.24, 2.45) is 0 Å². The predicted molar refractivity (Wildman–Crippen MR) is 70.4 cm³/mol. The van der Waals surface area contributed by atoms with Crippen LogP contribution in [0.15, 0.2) is 4.52 Å². The van der Waals surface area contributed by atoms with Gasteiger partial charge in [-0.2, -0.15) is 16.7 Å². The van der Waals surface area contributed by atoms with E-state index in [0.717, 1.165) is 11.6 Å². The lowest BCUT2D eigenvalue weighted by Crippen LogP contribution is -2.17. The molecule has 1 aliphatic heterocycles. The standard InChI is InChI=1S/C11H16N2O2S2/c1-3-8(14)6-9-12-11(13-15-9)10-7(2)16-4-5-17-10/h7,10H,3-6H2,1-2H3. The monoisotopic (exact) mass is 272 g/mol. The molecule has 0 amide bonds. The summed E-state index contributed by atoms with van der Waals surface area (Å²) in [6, 6.07) is 0. The summed E-state index contributed by atoms with van der Waals surface area (Å²) >= 11 is 3.81. The van der Waals surface area contributed by atoms with Crippen LogP contribution < -0.4 is 0 Å². The molecule has 1 saturated heterocycles. The van der Waals surface area contributed by atoms with Crippen LogP contribution in [-0.2, 0) is 11.2 Å². The summed E-state index contributed by atoms with van der Waals surface area (Å²) in [6.45, 7) is 4.03. The fourth-order valence-corrected chi connectivity index (χ4v) is 4.34. The van der Waals surface area contributed by atoms with Crippen LogP contribution in [0.4, 0.5) is 0 Å². The van der Waals surface area contributed by atoms with Gasteiger partial charge in [0, 0.05) is 23.2 Å². The molecule has 94 valence electrons. The second-order valence-corrected chi connectivity index (χ2v) is 6.72. The Bertz CT molecular complexity index is 395. The van der Waals surface area contributed by atoms with E-state index in [4.69, 9.17) is 4.52 Å². The minimum atomic E-state index is 0.138. The highest BCUT2D eigenvalue weighted by Gasteiger charge is 2.28. The summed E-state index contributed by atoms with van der Waals surface area (Å²) in [5.74, 6) is 3.64. The topological polar surface area (TPSA) is 56.0 Å². The summed E-state index contributed by atoms with van der Waals surface area (Å²) in [5.41, 5.74) is 0. The maximum absolute atomic E-state index is 11.3. The molecule has 2 heterocycles. The SMILES string of the molecule is CCC(=O)Cc1nc(C2SCCSC2C)no1. The Morgan fingerprint density at radius 2 is 2.24 bits per heavy atom. The van der Waals surface area contributed by atoms with Gasteiger partial charge in [-0.1, -0.05) is 19.0 Å². The Kier molecular flexibility index (Phi) is 4.50. The van der Waals surface area contributed by atoms with Crippen LogP contribution >= 0.6 is 23.5 Å². The molecule has 4 nitrogen and oxygen atoms in total. The van der Waals surface area contributed by atoms with Crippen molar-refractivity contribution in [2.45, 2.75) is 37.2 Å². The fourth-order valence-electron chi connectivity index (χ4n) is 1.67. The second kappa shape index (κ2) is 5.91. The summed E-state index contributed by atoms with van der Waals surface area (Å²) in [7, 11) is 0. The Morgan fingerprint density at radius 1 is 1.47 bits per heavy atom. The molecular weight excluding hydrogens is 256 g/mol. The molecule has 17 heavy (non-hydrogen) atoms. The van der Waals surface area contributed by atoms with Gasteiger partial charge >= 0.3 is 0 Å². The Labute approximate surface area is 109 Å². The molecule has 2 atom stereocenters. The molecule has 0 aromatic carbocycles. The van der Waals surface area contributed by atoms with Crippen molar-refractivity contribution in [3.05, 3.63) is 11.7 Å². The highest BCUT2D eigenvalue weighted by molar-refractivity contribution is 8.06. The number of thioether (sulfide) groups is 2. The van der Waals surface area contributed by atoms with Gasteiger partial charge in [-0.15, -0.1) is 11.8 Å². The fraction of sp³-hybridized carbons (Fsp3) is 0.727. The lowest BCUT2D eigenvalue weighted by molar-refractivity contribution is -0.118. The molecule has 1 aromatic rings. The van der Waals surface area contributed by atoms with Crippen LogP contribution in [0.1, 0.15) is 37.2 Å². The van der Waals surface area contributed by atoms with E-state index in [1.54, 1.807) is 0 Å². The number of hydrogen-bond acceptors (Lipinski definition) is 6. The molecule has 2 unspecified atom stereocenters. The van der Waals surface area contributed by atoms with Crippen molar-refractivity contribution in [1.29, 1.82) is 0 Å². The number of nitrogens with zero attached hydrogens (tertiary/aromatic N) is 2. The van der Waals surface area contributed by atoms with E-state index in [9.17, 15) is 4.79 Å². The Morgan fingerprint density at radius 3 is 2.94 bits per heavy atom. The van der Waals surface area contributed by atoms with Gasteiger partial charge < -0.3 is 4.52 Å². The predicted octanol–water partition coefficient (Wildman–Crippen LogP) is 2.50. The molecule has 6 heteroatoms. The van der Waals surface area contributed by atoms with Crippen LogP contribution in [0, 0.1) is 0 Å². The first kappa shape index (κ1) is 13.0. The number of ketones is 1. The molecule has 1 aliphatic rings. The van der Waals surface area contributed by atoms with E-state index in [0.29, 0.717) is 22.8 Å². The third-order valence-corrected chi connectivity index (χ3v) is 5.76. The molecule has 2 rings (SSSR count). The molecule has 0 bridgehead atoms. The first-order valence-electron chi connectivity index (χ1n) is 5.78. The van der Waals surface area contributed by atoms with Gasteiger partial charge in [0.15, 0.2) is 5.82 Å². The van der Waals surface area contributed by atoms with Gasteiger partial charge in [0.05, 0.1) is 11.7 Å². The van der Waals surface area contributed by atoms with E-state index >= 15 is 0 Å². The summed E-state index contributed by atoms with van der Waals surface area (Å²) in [4.78, 5) is 15.6. The van der Waals surface area contributed by atoms with Gasteiger partial charge in [0.1, 0.15) is 5.78 Å². The van der Waals surface area contributed by atoms with Gasteiger partial charge in [-0.3, -0.25) is 4.79 Å². The van der Waals surface area contributed by atoms with Gasteiger partial charge in [0.25, 0.3) is 0 Å². The van der Waals surface area contributed by atoms with Crippen molar-refractivity contribution >= 4 is 29.3 Å². The van der Waals surface area contributed by atoms with E-state index in [1.165, 1.54) is 5.75 Å². The molecule has 0 aliphatic carbocycles. The third-order valence-electron chi connectivity index (χ3n) is 2.67. The zero-order chi connectivity index (χ0) is 12.3. The van der Waals surface area contributed by atoms with Gasteiger partial charge in [0.2, 0.25) is 5.89 Å². The van der Waals surface area contributed by atoms with E-state index in [1.807, 2.05) is 30.4 Å². The normalized spacial score (nSPS) is 24.8. The number of rotatable bonds is 4. The number of Topliss-reactive ketones (excluding diaryl/α,β-unsaturated/α-hetero) is 1. The molecule has 0 spiro atoms. The highest BCUT2D eigenvalue weighted by atomic mass is 32.2. The zero-order valence-electron chi connectivity index (χ0n) is 10.0. The molecule has 0 radical (unpaired) electrons. The van der Waals surface area contributed by atoms with Crippen LogP contribution in [0.2, 0.25) is 0 Å². The van der Waals surface area contributed by atoms with E-state index < -0.39 is 0 Å². The number of hydrogen-bond donors (Lipinski definition) is 0. The second-order valence-electron chi connectivity index (χ2n) is 3.98. The number of carbonyl (C=O) groups is 1. The summed E-state index contributed by atoms with van der Waals surface area (Å²) in [6.07, 6.45) is 0.782. The van der Waals surface area contributed by atoms with Crippen molar-refractivity contribution in [3.8, 4) is 0 Å². The first-order valence-corrected chi connectivity index (χ1v) is 7.88. The van der Waals surface area contributed by atoms with Crippen LogP contribution in [0.5, 0.6) is 0 Å². The minimum Gasteiger partial charge on any atom is -0.339 e. The molecule has 0 saturated carbocycles. The minimum absolute atomic E-state index is 0.138. The maximum atomic E-state index is 11.3. The van der Waals surface area contributed by atoms with Gasteiger partial charge in [-0.05, 0) is 0 Å². The molecular formula is C11H16N2O2S2. The van der Waals surface area contributed by atoms with E-state index in [2.05, 4.69) is 17.1 Å². The summed E-state index contributed by atoms with van der Waals surface area (Å²) < 4.78 is 5.13. The Balaban J connectivity index is 2.04. The lowest BCUT2D eigenvalue weighted by atomic mass is 10.2. The van der Waals surface area contributed by atoms with Crippen molar-refractivity contribution in [1.82, 2.24) is 10.1 Å². The maximum Gasteiger partial charge on any atom is 0.234 e. The number of aromatic nitrogens is 2. The smallest absolute Gasteiger partial charge is 0.234 e. The molecule has 0 N–H and O–H groups in total. The van der Waals surface area contributed by atoms with Crippen LogP contribution in [0.25, 0.3) is 0 Å². The molecule has 1 fully saturated rings. The highest BCUT2D eigenvalue weighted by Crippen LogP contribution is 2.41. The van der Waals surface area contributed by atoms with Crippen molar-refractivity contribution < 1.29 is 9.32 Å². The van der Waals surface area contributed by atoms with Crippen molar-refractivity contribution in [2.75, 3.05) is 11.5 Å². The summed E-state index contributed by atoms with van der Waals surface area (Å²) in [5, 5.41) is 4.80. The van der Waals surface area contributed by atoms with E-state index in [-0.39, 0.29) is 12.2 Å². The zero-order valence-corrected chi connectivity index (χ0v) is 11.6. The average Bonchev–Trinajstić information content (AvgIpc) is 2.78. The third kappa shape index (κ3) is 3.25. The van der Waals surface area contributed by atoms with Crippen LogP contribution in [0.3, 0.4) is 0 Å². The largest absolute Gasteiger partial charge is 0.339 e. The average molecular weight is 272 g/mol. The number of carbonyl (C=O) groups excluding carboxylic acids is 1.